The minimum Gasteiger partial charge on any atom is -0.396 e. The molecule has 1 amide bonds. The number of rotatable bonds is 5. The van der Waals surface area contributed by atoms with Gasteiger partial charge in [0.1, 0.15) is 0 Å². The number of carbonyl (C=O) groups is 1. The van der Waals surface area contributed by atoms with Gasteiger partial charge in [0.15, 0.2) is 0 Å². The molecule has 2 rings (SSSR count). The molecule has 0 aromatic heterocycles. The quantitative estimate of drug-likeness (QED) is 0.772. The van der Waals surface area contributed by atoms with Crippen LogP contribution in [0.3, 0.4) is 0 Å². The monoisotopic (exact) mass is 271 g/mol. The molecule has 2 N–H and O–H groups in total. The van der Waals surface area contributed by atoms with Gasteiger partial charge in [-0.3, -0.25) is 4.79 Å². The Morgan fingerprint density at radius 2 is 1.84 bits per heavy atom. The molecule has 0 radical (unpaired) electrons. The topological polar surface area (TPSA) is 67.8 Å². The van der Waals surface area contributed by atoms with E-state index in [0.717, 1.165) is 32.1 Å². The number of hydrogen-bond acceptors (Lipinski definition) is 4. The van der Waals surface area contributed by atoms with Crippen LogP contribution in [0.4, 0.5) is 0 Å². The largest absolute Gasteiger partial charge is 0.396 e. The van der Waals surface area contributed by atoms with Crippen LogP contribution < -0.4 is 5.32 Å². The molecule has 1 heterocycles. The van der Waals surface area contributed by atoms with Crippen molar-refractivity contribution in [3.05, 3.63) is 0 Å². The molecule has 1 aliphatic carbocycles. The fourth-order valence-electron chi connectivity index (χ4n) is 3.69. The predicted molar refractivity (Wildman–Crippen MR) is 70.7 cm³/mol. The van der Waals surface area contributed by atoms with E-state index in [4.69, 9.17) is 9.47 Å². The predicted octanol–water partition coefficient (Wildman–Crippen LogP) is 0.707. The lowest BCUT2D eigenvalue weighted by molar-refractivity contribution is -0.133. The zero-order valence-electron chi connectivity index (χ0n) is 11.9. The maximum absolute atomic E-state index is 12.4. The van der Waals surface area contributed by atoms with Gasteiger partial charge in [-0.1, -0.05) is 0 Å². The molecule has 2 fully saturated rings. The summed E-state index contributed by atoms with van der Waals surface area (Å²) in [4.78, 5) is 12.4. The number of aliphatic hydroxyl groups is 1. The van der Waals surface area contributed by atoms with Crippen LogP contribution in [0.1, 0.15) is 32.1 Å². The average Bonchev–Trinajstić information content (AvgIpc) is 2.64. The standard InChI is InChI=1S/C14H25NO4/c1-18-9-13(10-19-2)8-14(15-12(13)17)5-3-11(7-16)4-6-14/h11,16H,3-10H2,1-2H3,(H,15,17)/t11-,14-. The molecule has 110 valence electrons. The minimum atomic E-state index is -0.546. The van der Waals surface area contributed by atoms with Gasteiger partial charge >= 0.3 is 0 Å². The van der Waals surface area contributed by atoms with Crippen LogP contribution in [0.15, 0.2) is 0 Å². The van der Waals surface area contributed by atoms with Crippen molar-refractivity contribution >= 4 is 5.91 Å². The Bertz CT molecular complexity index is 317. The molecule has 1 aliphatic heterocycles. The van der Waals surface area contributed by atoms with Crippen molar-refractivity contribution in [1.29, 1.82) is 0 Å². The van der Waals surface area contributed by atoms with E-state index in [9.17, 15) is 9.90 Å². The molecule has 0 atom stereocenters. The van der Waals surface area contributed by atoms with Crippen LogP contribution in [-0.4, -0.2) is 50.6 Å². The molecule has 0 bridgehead atoms. The Balaban J connectivity index is 2.09. The fraction of sp³-hybridized carbons (Fsp3) is 0.929. The summed E-state index contributed by atoms with van der Waals surface area (Å²) >= 11 is 0. The number of ether oxygens (including phenoxy) is 2. The lowest BCUT2D eigenvalue weighted by Gasteiger charge is -2.37. The summed E-state index contributed by atoms with van der Waals surface area (Å²) < 4.78 is 10.5. The van der Waals surface area contributed by atoms with Crippen molar-refractivity contribution in [2.24, 2.45) is 11.3 Å². The minimum absolute atomic E-state index is 0.0543. The Morgan fingerprint density at radius 3 is 2.32 bits per heavy atom. The van der Waals surface area contributed by atoms with E-state index in [1.165, 1.54) is 0 Å². The lowest BCUT2D eigenvalue weighted by atomic mass is 9.71. The van der Waals surface area contributed by atoms with Crippen molar-refractivity contribution in [3.63, 3.8) is 0 Å². The normalized spacial score (nSPS) is 33.6. The summed E-state index contributed by atoms with van der Waals surface area (Å²) in [6.07, 6.45) is 4.62. The SMILES string of the molecule is COCC1(COC)C[C@]2(CC[C@@H](CO)CC2)NC1=O. The molecular formula is C14H25NO4. The van der Waals surface area contributed by atoms with Crippen LogP contribution in [0.2, 0.25) is 0 Å². The van der Waals surface area contributed by atoms with Gasteiger partial charge in [0.05, 0.1) is 18.6 Å². The molecule has 0 unspecified atom stereocenters. The highest BCUT2D eigenvalue weighted by Crippen LogP contribution is 2.45. The number of nitrogens with one attached hydrogen (secondary N) is 1. The molecule has 0 aromatic carbocycles. The highest BCUT2D eigenvalue weighted by atomic mass is 16.5. The van der Waals surface area contributed by atoms with Crippen LogP contribution in [-0.2, 0) is 14.3 Å². The third kappa shape index (κ3) is 2.78. The first-order valence-electron chi connectivity index (χ1n) is 7.01. The molecule has 5 heteroatoms. The highest BCUT2D eigenvalue weighted by molar-refractivity contribution is 5.86. The zero-order chi connectivity index (χ0) is 13.9. The number of hydrogen-bond donors (Lipinski definition) is 2. The summed E-state index contributed by atoms with van der Waals surface area (Å²) in [7, 11) is 3.25. The molecule has 0 aromatic rings. The Labute approximate surface area is 114 Å². The van der Waals surface area contributed by atoms with Crippen LogP contribution in [0, 0.1) is 11.3 Å². The van der Waals surface area contributed by atoms with Crippen LogP contribution in [0.25, 0.3) is 0 Å². The van der Waals surface area contributed by atoms with Gasteiger partial charge in [-0.25, -0.2) is 0 Å². The molecule has 19 heavy (non-hydrogen) atoms. The summed E-state index contributed by atoms with van der Waals surface area (Å²) in [6, 6.07) is 0. The molecule has 1 spiro atoms. The Morgan fingerprint density at radius 1 is 1.26 bits per heavy atom. The van der Waals surface area contributed by atoms with Gasteiger partial charge in [-0.2, -0.15) is 0 Å². The van der Waals surface area contributed by atoms with E-state index >= 15 is 0 Å². The summed E-state index contributed by atoms with van der Waals surface area (Å²) in [5, 5.41) is 12.4. The second-order valence-electron chi connectivity index (χ2n) is 6.18. The third-order valence-electron chi connectivity index (χ3n) is 4.70. The van der Waals surface area contributed by atoms with Gasteiger partial charge < -0.3 is 19.9 Å². The zero-order valence-corrected chi connectivity index (χ0v) is 11.9. The van der Waals surface area contributed by atoms with Gasteiger partial charge in [-0.05, 0) is 38.0 Å². The van der Waals surface area contributed by atoms with E-state index in [2.05, 4.69) is 5.32 Å². The highest BCUT2D eigenvalue weighted by Gasteiger charge is 2.55. The molecule has 2 aliphatic rings. The second-order valence-corrected chi connectivity index (χ2v) is 6.18. The van der Waals surface area contributed by atoms with E-state index in [1.54, 1.807) is 14.2 Å². The Kier molecular flexibility index (Phi) is 4.48. The maximum atomic E-state index is 12.4. The Hall–Kier alpha value is -0.650. The van der Waals surface area contributed by atoms with E-state index in [-0.39, 0.29) is 18.1 Å². The summed E-state index contributed by atoms with van der Waals surface area (Å²) in [5.41, 5.74) is -0.657. The smallest absolute Gasteiger partial charge is 0.231 e. The molecule has 5 nitrogen and oxygen atoms in total. The number of methoxy groups -OCH3 is 2. The second kappa shape index (κ2) is 5.77. The van der Waals surface area contributed by atoms with Gasteiger partial charge in [0, 0.05) is 26.4 Å². The van der Waals surface area contributed by atoms with Crippen molar-refractivity contribution < 1.29 is 19.4 Å². The van der Waals surface area contributed by atoms with Crippen molar-refractivity contribution in [2.75, 3.05) is 34.0 Å². The first-order valence-corrected chi connectivity index (χ1v) is 7.01. The fourth-order valence-corrected chi connectivity index (χ4v) is 3.69. The number of aliphatic hydroxyl groups excluding tert-OH is 1. The van der Waals surface area contributed by atoms with Gasteiger partial charge in [0.25, 0.3) is 0 Å². The van der Waals surface area contributed by atoms with E-state index in [0.29, 0.717) is 19.1 Å². The van der Waals surface area contributed by atoms with Crippen molar-refractivity contribution in [2.45, 2.75) is 37.6 Å². The van der Waals surface area contributed by atoms with Gasteiger partial charge in [-0.15, -0.1) is 0 Å². The first kappa shape index (κ1) is 14.8. The van der Waals surface area contributed by atoms with E-state index in [1.807, 2.05) is 0 Å². The number of carbonyl (C=O) groups excluding carboxylic acids is 1. The van der Waals surface area contributed by atoms with E-state index < -0.39 is 5.41 Å². The maximum Gasteiger partial charge on any atom is 0.231 e. The average molecular weight is 271 g/mol. The van der Waals surface area contributed by atoms with Crippen molar-refractivity contribution in [3.8, 4) is 0 Å². The third-order valence-corrected chi connectivity index (χ3v) is 4.70. The summed E-state index contributed by atoms with van der Waals surface area (Å²) in [5.74, 6) is 0.445. The lowest BCUT2D eigenvalue weighted by Crippen LogP contribution is -2.45. The van der Waals surface area contributed by atoms with Crippen LogP contribution in [0.5, 0.6) is 0 Å². The first-order chi connectivity index (χ1) is 9.10. The molecule has 1 saturated heterocycles. The number of amides is 1. The van der Waals surface area contributed by atoms with Gasteiger partial charge in [0.2, 0.25) is 5.91 Å². The van der Waals surface area contributed by atoms with Crippen LogP contribution >= 0.6 is 0 Å². The summed E-state index contributed by atoms with van der Waals surface area (Å²) in [6.45, 7) is 1.06. The van der Waals surface area contributed by atoms with Crippen molar-refractivity contribution in [1.82, 2.24) is 5.32 Å². The molecular weight excluding hydrogens is 246 g/mol. The molecule has 1 saturated carbocycles.